The van der Waals surface area contributed by atoms with Crippen LogP contribution in [0.3, 0.4) is 0 Å². The summed E-state index contributed by atoms with van der Waals surface area (Å²) in [4.78, 5) is 27.9. The van der Waals surface area contributed by atoms with Crippen molar-refractivity contribution < 1.29 is 24.5 Å². The van der Waals surface area contributed by atoms with Gasteiger partial charge in [-0.05, 0) is 11.6 Å². The Labute approximate surface area is 115 Å². The van der Waals surface area contributed by atoms with Gasteiger partial charge in [-0.15, -0.1) is 0 Å². The topological polar surface area (TPSA) is 103 Å². The lowest BCUT2D eigenvalue weighted by Gasteiger charge is -2.26. The van der Waals surface area contributed by atoms with Crippen LogP contribution in [0.1, 0.15) is 5.56 Å². The van der Waals surface area contributed by atoms with Gasteiger partial charge in [-0.1, -0.05) is 6.07 Å². The summed E-state index contributed by atoms with van der Waals surface area (Å²) >= 11 is 0. The highest BCUT2D eigenvalue weighted by molar-refractivity contribution is 6.06. The zero-order valence-electron chi connectivity index (χ0n) is 10.7. The maximum atomic E-state index is 10.8. The van der Waals surface area contributed by atoms with E-state index in [0.717, 1.165) is 18.7 Å². The van der Waals surface area contributed by atoms with Crippen LogP contribution in [0.2, 0.25) is 0 Å². The summed E-state index contributed by atoms with van der Waals surface area (Å²) in [5.74, 6) is -0.129. The molecule has 20 heavy (non-hydrogen) atoms. The molecule has 8 nitrogen and oxygen atoms in total. The van der Waals surface area contributed by atoms with Gasteiger partial charge in [0.05, 0.1) is 13.2 Å². The zero-order valence-corrected chi connectivity index (χ0v) is 10.7. The number of hydrogen-bond acceptors (Lipinski definition) is 5. The molecular formula is C12H15N3O5. The molecule has 1 aromatic rings. The van der Waals surface area contributed by atoms with Crippen molar-refractivity contribution in [3.8, 4) is 0 Å². The van der Waals surface area contributed by atoms with Crippen molar-refractivity contribution >= 4 is 18.0 Å². The summed E-state index contributed by atoms with van der Waals surface area (Å²) < 4.78 is 5.25. The quantitative estimate of drug-likeness (QED) is 0.854. The van der Waals surface area contributed by atoms with Crippen LogP contribution in [0, 0.1) is 0 Å². The number of pyridine rings is 1. The predicted octanol–water partition coefficient (Wildman–Crippen LogP) is 1.08. The summed E-state index contributed by atoms with van der Waals surface area (Å²) in [6, 6.07) is 3.06. The van der Waals surface area contributed by atoms with Crippen LogP contribution < -0.4 is 4.90 Å². The summed E-state index contributed by atoms with van der Waals surface area (Å²) in [7, 11) is 0. The van der Waals surface area contributed by atoms with E-state index in [1.54, 1.807) is 6.07 Å². The van der Waals surface area contributed by atoms with Crippen molar-refractivity contribution in [3.63, 3.8) is 0 Å². The second-order valence-electron chi connectivity index (χ2n) is 4.31. The lowest BCUT2D eigenvalue weighted by molar-refractivity contribution is 0.0341. The molecule has 1 fully saturated rings. The van der Waals surface area contributed by atoms with E-state index in [1.807, 2.05) is 0 Å². The van der Waals surface area contributed by atoms with Crippen molar-refractivity contribution in [3.05, 3.63) is 23.9 Å². The first-order chi connectivity index (χ1) is 9.58. The predicted molar refractivity (Wildman–Crippen MR) is 68.9 cm³/mol. The van der Waals surface area contributed by atoms with Gasteiger partial charge in [-0.25, -0.2) is 14.6 Å². The first kappa shape index (κ1) is 14.2. The molecule has 0 bridgehead atoms. The van der Waals surface area contributed by atoms with Gasteiger partial charge in [0.25, 0.3) is 0 Å². The third-order valence-corrected chi connectivity index (χ3v) is 2.93. The molecular weight excluding hydrogens is 266 g/mol. The van der Waals surface area contributed by atoms with Crippen molar-refractivity contribution in [1.82, 2.24) is 9.88 Å². The van der Waals surface area contributed by atoms with E-state index in [2.05, 4.69) is 9.88 Å². The van der Waals surface area contributed by atoms with E-state index in [0.29, 0.717) is 19.8 Å². The van der Waals surface area contributed by atoms with Crippen LogP contribution in [0.25, 0.3) is 0 Å². The van der Waals surface area contributed by atoms with E-state index in [-0.39, 0.29) is 10.7 Å². The lowest BCUT2D eigenvalue weighted by atomic mass is 10.2. The van der Waals surface area contributed by atoms with Crippen molar-refractivity contribution in [2.45, 2.75) is 6.54 Å². The fourth-order valence-corrected chi connectivity index (χ4v) is 1.94. The molecule has 2 rings (SSSR count). The molecule has 0 saturated carbocycles. The van der Waals surface area contributed by atoms with Crippen LogP contribution in [0.4, 0.5) is 15.4 Å². The highest BCUT2D eigenvalue weighted by Gasteiger charge is 2.23. The molecule has 2 N–H and O–H groups in total. The Bertz CT molecular complexity index is 470. The van der Waals surface area contributed by atoms with Gasteiger partial charge in [0, 0.05) is 25.8 Å². The summed E-state index contributed by atoms with van der Waals surface area (Å²) in [5.41, 5.74) is 0.895. The number of morpholine rings is 1. The Hall–Kier alpha value is -2.19. The number of hydrogen-bond donors (Lipinski definition) is 2. The van der Waals surface area contributed by atoms with Gasteiger partial charge in [-0.2, -0.15) is 4.90 Å². The fraction of sp³-hybridized carbons (Fsp3) is 0.417. The number of rotatable bonds is 3. The maximum Gasteiger partial charge on any atom is 0.422 e. The first-order valence-corrected chi connectivity index (χ1v) is 6.09. The second-order valence-corrected chi connectivity index (χ2v) is 4.31. The van der Waals surface area contributed by atoms with Crippen LogP contribution in [0.15, 0.2) is 18.3 Å². The Balaban J connectivity index is 2.05. The molecule has 8 heteroatoms. The molecule has 0 atom stereocenters. The van der Waals surface area contributed by atoms with Crippen molar-refractivity contribution in [1.29, 1.82) is 0 Å². The van der Waals surface area contributed by atoms with E-state index in [1.165, 1.54) is 12.3 Å². The average molecular weight is 281 g/mol. The highest BCUT2D eigenvalue weighted by Crippen LogP contribution is 2.13. The largest absolute Gasteiger partial charge is 0.464 e. The molecule has 0 aromatic carbocycles. The van der Waals surface area contributed by atoms with Crippen LogP contribution >= 0.6 is 0 Å². The van der Waals surface area contributed by atoms with E-state index >= 15 is 0 Å². The third kappa shape index (κ3) is 3.43. The van der Waals surface area contributed by atoms with Crippen LogP contribution in [-0.4, -0.2) is 58.6 Å². The molecule has 0 unspecified atom stereocenters. The number of amides is 2. The minimum Gasteiger partial charge on any atom is -0.464 e. The number of nitrogens with zero attached hydrogens (tertiary/aromatic N) is 3. The summed E-state index contributed by atoms with van der Waals surface area (Å²) in [5, 5.41) is 17.6. The molecule has 0 radical (unpaired) electrons. The smallest absolute Gasteiger partial charge is 0.422 e. The Morgan fingerprint density at radius 2 is 1.90 bits per heavy atom. The fourth-order valence-electron chi connectivity index (χ4n) is 1.94. The summed E-state index contributed by atoms with van der Waals surface area (Å²) in [6.45, 7) is 3.72. The van der Waals surface area contributed by atoms with Gasteiger partial charge in [-0.3, -0.25) is 4.90 Å². The SMILES string of the molecule is O=C(O)N(C(=O)O)c1ccc(CN2CCOCC2)cn1. The molecule has 1 saturated heterocycles. The molecule has 1 aliphatic heterocycles. The molecule has 0 spiro atoms. The minimum atomic E-state index is -1.58. The minimum absolute atomic E-state index is 0.129. The maximum absolute atomic E-state index is 10.8. The number of carbonyl (C=O) groups is 2. The van der Waals surface area contributed by atoms with Gasteiger partial charge in [0.1, 0.15) is 5.82 Å². The van der Waals surface area contributed by atoms with E-state index in [9.17, 15) is 9.59 Å². The van der Waals surface area contributed by atoms with Gasteiger partial charge in [0.2, 0.25) is 0 Å². The molecule has 1 aromatic heterocycles. The standard InChI is InChI=1S/C12H15N3O5/c16-11(17)15(12(18)19)10-2-1-9(7-13-10)8-14-3-5-20-6-4-14/h1-2,7H,3-6,8H2,(H,16,17)(H,18,19). The Kier molecular flexibility index (Phi) is 4.49. The van der Waals surface area contributed by atoms with Crippen LogP contribution in [-0.2, 0) is 11.3 Å². The number of carboxylic acid groups (broad SMARTS) is 2. The number of imide groups is 1. The Morgan fingerprint density at radius 1 is 1.25 bits per heavy atom. The van der Waals surface area contributed by atoms with E-state index in [4.69, 9.17) is 14.9 Å². The number of ether oxygens (including phenoxy) is 1. The molecule has 0 aliphatic carbocycles. The van der Waals surface area contributed by atoms with Crippen molar-refractivity contribution in [2.75, 3.05) is 31.2 Å². The molecule has 2 amide bonds. The molecule has 2 heterocycles. The number of anilines is 1. The third-order valence-electron chi connectivity index (χ3n) is 2.93. The average Bonchev–Trinajstić information content (AvgIpc) is 2.41. The molecule has 1 aliphatic rings. The second kappa shape index (κ2) is 6.31. The van der Waals surface area contributed by atoms with Gasteiger partial charge < -0.3 is 14.9 Å². The monoisotopic (exact) mass is 281 g/mol. The van der Waals surface area contributed by atoms with Crippen LogP contribution in [0.5, 0.6) is 0 Å². The zero-order chi connectivity index (χ0) is 14.5. The van der Waals surface area contributed by atoms with Gasteiger partial charge >= 0.3 is 12.2 Å². The number of aromatic nitrogens is 1. The Morgan fingerprint density at radius 3 is 2.40 bits per heavy atom. The van der Waals surface area contributed by atoms with Crippen molar-refractivity contribution in [2.24, 2.45) is 0 Å². The summed E-state index contributed by atoms with van der Waals surface area (Å²) in [6.07, 6.45) is -1.67. The van der Waals surface area contributed by atoms with Gasteiger partial charge in [0.15, 0.2) is 0 Å². The molecule has 108 valence electrons. The van der Waals surface area contributed by atoms with E-state index < -0.39 is 12.2 Å². The highest BCUT2D eigenvalue weighted by atomic mass is 16.5. The lowest BCUT2D eigenvalue weighted by Crippen LogP contribution is -2.36. The normalized spacial score (nSPS) is 15.8. The first-order valence-electron chi connectivity index (χ1n) is 6.09.